The van der Waals surface area contributed by atoms with Crippen LogP contribution >= 0.6 is 0 Å². The first-order valence-corrected chi connectivity index (χ1v) is 5.99. The first-order valence-electron chi connectivity index (χ1n) is 5.99. The second kappa shape index (κ2) is 4.62. The lowest BCUT2D eigenvalue weighted by molar-refractivity contribution is 0.0963. The fourth-order valence-electron chi connectivity index (χ4n) is 1.99. The number of aromatic nitrogens is 2. The van der Waals surface area contributed by atoms with Crippen LogP contribution in [-0.2, 0) is 0 Å². The molecular formula is C15H10N2O3. The van der Waals surface area contributed by atoms with E-state index in [9.17, 15) is 14.8 Å². The number of hydrogen-bond acceptors (Lipinski definition) is 4. The van der Waals surface area contributed by atoms with Crippen molar-refractivity contribution < 1.29 is 10.0 Å². The number of rotatable bonds is 2. The Labute approximate surface area is 113 Å². The van der Waals surface area contributed by atoms with E-state index in [1.54, 1.807) is 54.6 Å². The van der Waals surface area contributed by atoms with Gasteiger partial charge in [0.05, 0.1) is 10.9 Å². The van der Waals surface area contributed by atoms with Crippen LogP contribution in [0.1, 0.15) is 16.2 Å². The molecule has 3 aromatic rings. The van der Waals surface area contributed by atoms with E-state index >= 15 is 0 Å². The molecule has 0 radical (unpaired) electrons. The Hall–Kier alpha value is -2.95. The second-order valence-electron chi connectivity index (χ2n) is 4.26. The van der Waals surface area contributed by atoms with E-state index in [0.717, 1.165) is 0 Å². The van der Waals surface area contributed by atoms with E-state index in [4.69, 9.17) is 0 Å². The molecule has 3 rings (SSSR count). The summed E-state index contributed by atoms with van der Waals surface area (Å²) in [5.74, 6) is -0.796. The van der Waals surface area contributed by atoms with Crippen molar-refractivity contribution in [1.82, 2.24) is 9.71 Å². The van der Waals surface area contributed by atoms with Gasteiger partial charge in [-0.25, -0.2) is 4.98 Å². The minimum absolute atomic E-state index is 0.264. The summed E-state index contributed by atoms with van der Waals surface area (Å²) in [4.78, 5) is 28.4. The molecule has 0 amide bonds. The average Bonchev–Trinajstić information content (AvgIpc) is 2.51. The highest BCUT2D eigenvalue weighted by Gasteiger charge is 2.18. The molecule has 20 heavy (non-hydrogen) atoms. The molecule has 0 saturated carbocycles. The molecule has 1 N–H and O–H groups in total. The monoisotopic (exact) mass is 266 g/mol. The summed E-state index contributed by atoms with van der Waals surface area (Å²) in [5, 5.41) is 10.1. The van der Waals surface area contributed by atoms with Gasteiger partial charge in [0.15, 0.2) is 0 Å². The van der Waals surface area contributed by atoms with Gasteiger partial charge in [0.25, 0.3) is 5.56 Å². The smallest absolute Gasteiger partial charge is 0.294 e. The standard InChI is InChI=1S/C15H10N2O3/c18-13(10-6-2-1-3-7-10)14-16-12-9-5-4-8-11(12)15(19)17(14)20/h1-9,20H. The molecule has 5 nitrogen and oxygen atoms in total. The predicted molar refractivity (Wildman–Crippen MR) is 73.1 cm³/mol. The van der Waals surface area contributed by atoms with Crippen molar-refractivity contribution in [2.75, 3.05) is 0 Å². The Morgan fingerprint density at radius 1 is 1.00 bits per heavy atom. The van der Waals surface area contributed by atoms with E-state index in [-0.39, 0.29) is 11.2 Å². The van der Waals surface area contributed by atoms with E-state index in [2.05, 4.69) is 4.98 Å². The van der Waals surface area contributed by atoms with Gasteiger partial charge in [0, 0.05) is 5.56 Å². The number of carbonyl (C=O) groups is 1. The summed E-state index contributed by atoms with van der Waals surface area (Å²) in [7, 11) is 0. The SMILES string of the molecule is O=C(c1ccccc1)c1nc2ccccc2c(=O)n1O. The predicted octanol–water partition coefficient (Wildman–Crippen LogP) is 1.86. The largest absolute Gasteiger partial charge is 0.423 e. The third-order valence-corrected chi connectivity index (χ3v) is 2.99. The van der Waals surface area contributed by atoms with Crippen molar-refractivity contribution in [1.29, 1.82) is 0 Å². The molecule has 0 atom stereocenters. The Kier molecular flexibility index (Phi) is 2.80. The van der Waals surface area contributed by atoms with E-state index in [1.807, 2.05) is 0 Å². The fraction of sp³-hybridized carbons (Fsp3) is 0. The zero-order chi connectivity index (χ0) is 14.1. The minimum atomic E-state index is -0.658. The molecule has 2 aromatic carbocycles. The first-order chi connectivity index (χ1) is 9.68. The summed E-state index contributed by atoms with van der Waals surface area (Å²) in [6.07, 6.45) is 0. The van der Waals surface area contributed by atoms with Crippen LogP contribution in [0.5, 0.6) is 0 Å². The normalized spacial score (nSPS) is 10.6. The van der Waals surface area contributed by atoms with Crippen molar-refractivity contribution in [2.24, 2.45) is 0 Å². The van der Waals surface area contributed by atoms with Crippen LogP contribution in [0.4, 0.5) is 0 Å². The van der Waals surface area contributed by atoms with Crippen molar-refractivity contribution in [3.63, 3.8) is 0 Å². The van der Waals surface area contributed by atoms with Gasteiger partial charge < -0.3 is 5.21 Å². The van der Waals surface area contributed by atoms with Crippen molar-refractivity contribution in [3.8, 4) is 0 Å². The second-order valence-corrected chi connectivity index (χ2v) is 4.26. The first kappa shape index (κ1) is 12.1. The van der Waals surface area contributed by atoms with E-state index in [0.29, 0.717) is 15.8 Å². The van der Waals surface area contributed by atoms with Crippen LogP contribution < -0.4 is 5.56 Å². The van der Waals surface area contributed by atoms with Gasteiger partial charge in [0.1, 0.15) is 0 Å². The number of ketones is 1. The third kappa shape index (κ3) is 1.85. The highest BCUT2D eigenvalue weighted by atomic mass is 16.5. The van der Waals surface area contributed by atoms with Crippen LogP contribution in [0.2, 0.25) is 0 Å². The summed E-state index contributed by atoms with van der Waals surface area (Å²) in [5.41, 5.74) is 0.0782. The summed E-state index contributed by atoms with van der Waals surface area (Å²) < 4.78 is 0.303. The molecule has 0 aliphatic rings. The third-order valence-electron chi connectivity index (χ3n) is 2.99. The minimum Gasteiger partial charge on any atom is -0.423 e. The number of hydrogen-bond donors (Lipinski definition) is 1. The van der Waals surface area contributed by atoms with Crippen molar-refractivity contribution in [2.45, 2.75) is 0 Å². The maximum Gasteiger partial charge on any atom is 0.294 e. The molecule has 1 heterocycles. The maximum atomic E-state index is 12.3. The molecule has 0 aliphatic heterocycles. The topological polar surface area (TPSA) is 72.2 Å². The number of para-hydroxylation sites is 1. The molecule has 5 heteroatoms. The zero-order valence-electron chi connectivity index (χ0n) is 10.4. The quantitative estimate of drug-likeness (QED) is 0.567. The Balaban J connectivity index is 2.25. The van der Waals surface area contributed by atoms with E-state index in [1.165, 1.54) is 0 Å². The average molecular weight is 266 g/mol. The maximum absolute atomic E-state index is 12.3. The molecule has 0 aliphatic carbocycles. The van der Waals surface area contributed by atoms with Crippen molar-refractivity contribution in [3.05, 3.63) is 76.3 Å². The van der Waals surface area contributed by atoms with Gasteiger partial charge in [-0.1, -0.05) is 42.5 Å². The van der Waals surface area contributed by atoms with Crippen LogP contribution in [0.25, 0.3) is 10.9 Å². The Morgan fingerprint density at radius 2 is 1.65 bits per heavy atom. The number of fused-ring (bicyclic) bond motifs is 1. The molecule has 0 saturated heterocycles. The van der Waals surface area contributed by atoms with Crippen LogP contribution in [0.15, 0.2) is 59.4 Å². The van der Waals surface area contributed by atoms with Gasteiger partial charge in [0.2, 0.25) is 11.6 Å². The lowest BCUT2D eigenvalue weighted by Crippen LogP contribution is -2.26. The zero-order valence-corrected chi connectivity index (χ0v) is 10.4. The van der Waals surface area contributed by atoms with E-state index < -0.39 is 11.3 Å². The molecular weight excluding hydrogens is 256 g/mol. The molecule has 0 spiro atoms. The van der Waals surface area contributed by atoms with Gasteiger partial charge in [-0.05, 0) is 12.1 Å². The number of benzene rings is 2. The summed E-state index contributed by atoms with van der Waals surface area (Å²) in [6.45, 7) is 0. The number of carbonyl (C=O) groups excluding carboxylic acids is 1. The molecule has 0 unspecified atom stereocenters. The van der Waals surface area contributed by atoms with Gasteiger partial charge >= 0.3 is 0 Å². The van der Waals surface area contributed by atoms with Gasteiger partial charge in [-0.2, -0.15) is 0 Å². The lowest BCUT2D eigenvalue weighted by atomic mass is 10.1. The fourth-order valence-corrected chi connectivity index (χ4v) is 1.99. The Bertz CT molecular complexity index is 854. The molecule has 0 fully saturated rings. The molecule has 1 aromatic heterocycles. The van der Waals surface area contributed by atoms with Crippen molar-refractivity contribution >= 4 is 16.7 Å². The Morgan fingerprint density at radius 3 is 2.40 bits per heavy atom. The summed E-state index contributed by atoms with van der Waals surface area (Å²) in [6, 6.07) is 14.9. The van der Waals surface area contributed by atoms with Crippen LogP contribution in [0, 0.1) is 0 Å². The van der Waals surface area contributed by atoms with Crippen LogP contribution in [-0.4, -0.2) is 20.7 Å². The lowest BCUT2D eigenvalue weighted by Gasteiger charge is -2.06. The van der Waals surface area contributed by atoms with Gasteiger partial charge in [-0.15, -0.1) is 4.73 Å². The molecule has 0 bridgehead atoms. The molecule has 98 valence electrons. The van der Waals surface area contributed by atoms with Crippen LogP contribution in [0.3, 0.4) is 0 Å². The number of nitrogens with zero attached hydrogens (tertiary/aromatic N) is 2. The van der Waals surface area contributed by atoms with Gasteiger partial charge in [-0.3, -0.25) is 9.59 Å². The highest BCUT2D eigenvalue weighted by molar-refractivity contribution is 6.07. The highest BCUT2D eigenvalue weighted by Crippen LogP contribution is 2.10. The summed E-state index contributed by atoms with van der Waals surface area (Å²) >= 11 is 0.